The number of anilines is 2. The molecule has 8 heteroatoms. The van der Waals surface area contributed by atoms with Crippen LogP contribution in [0.2, 0.25) is 0 Å². The largest absolute Gasteiger partial charge is 0.451 e. The van der Waals surface area contributed by atoms with Crippen LogP contribution in [-0.2, 0) is 6.18 Å². The Labute approximate surface area is 109 Å². The Bertz CT molecular complexity index is 398. The first kappa shape index (κ1) is 15.5. The van der Waals surface area contributed by atoms with Gasteiger partial charge in [0.05, 0.1) is 0 Å². The van der Waals surface area contributed by atoms with Crippen molar-refractivity contribution in [1.29, 1.82) is 0 Å². The fourth-order valence-electron chi connectivity index (χ4n) is 1.39. The summed E-state index contributed by atoms with van der Waals surface area (Å²) >= 11 is 0. The first-order valence-corrected chi connectivity index (χ1v) is 6.02. The van der Waals surface area contributed by atoms with Gasteiger partial charge in [-0.2, -0.15) is 13.2 Å². The summed E-state index contributed by atoms with van der Waals surface area (Å²) < 4.78 is 37.9. The molecule has 0 aliphatic heterocycles. The number of halogens is 3. The van der Waals surface area contributed by atoms with E-state index in [1.165, 1.54) is 6.07 Å². The average Bonchev–Trinajstić information content (AvgIpc) is 2.34. The van der Waals surface area contributed by atoms with Crippen LogP contribution in [0, 0.1) is 0 Å². The highest BCUT2D eigenvalue weighted by Crippen LogP contribution is 2.28. The van der Waals surface area contributed by atoms with Crippen LogP contribution in [0.25, 0.3) is 0 Å². The van der Waals surface area contributed by atoms with Crippen molar-refractivity contribution in [3.05, 3.63) is 11.9 Å². The molecule has 0 amide bonds. The van der Waals surface area contributed by atoms with Gasteiger partial charge in [0.1, 0.15) is 11.6 Å². The first-order chi connectivity index (χ1) is 8.97. The van der Waals surface area contributed by atoms with E-state index in [1.54, 1.807) is 6.92 Å². The van der Waals surface area contributed by atoms with Crippen LogP contribution in [0.15, 0.2) is 6.07 Å². The second-order valence-corrected chi connectivity index (χ2v) is 3.85. The summed E-state index contributed by atoms with van der Waals surface area (Å²) in [5, 5.41) is 14.1. The van der Waals surface area contributed by atoms with E-state index in [4.69, 9.17) is 5.11 Å². The van der Waals surface area contributed by atoms with Gasteiger partial charge in [-0.1, -0.05) is 0 Å². The van der Waals surface area contributed by atoms with Crippen LogP contribution in [0.3, 0.4) is 0 Å². The van der Waals surface area contributed by atoms with Gasteiger partial charge in [-0.15, -0.1) is 0 Å². The van der Waals surface area contributed by atoms with Crippen LogP contribution in [-0.4, -0.2) is 34.8 Å². The van der Waals surface area contributed by atoms with Gasteiger partial charge in [0.15, 0.2) is 0 Å². The van der Waals surface area contributed by atoms with E-state index in [2.05, 4.69) is 20.6 Å². The van der Waals surface area contributed by atoms with Crippen molar-refractivity contribution >= 4 is 11.6 Å². The minimum absolute atomic E-state index is 0.0574. The highest BCUT2D eigenvalue weighted by Gasteiger charge is 2.35. The molecular formula is C11H17F3N4O. The summed E-state index contributed by atoms with van der Waals surface area (Å²) in [5.74, 6) is -0.915. The summed E-state index contributed by atoms with van der Waals surface area (Å²) in [6, 6.07) is 1.43. The Kier molecular flexibility index (Phi) is 5.81. The molecule has 0 spiro atoms. The van der Waals surface area contributed by atoms with Crippen LogP contribution in [0.1, 0.15) is 25.6 Å². The third-order valence-electron chi connectivity index (χ3n) is 2.23. The van der Waals surface area contributed by atoms with E-state index >= 15 is 0 Å². The molecule has 1 heterocycles. The standard InChI is InChI=1S/C11H17F3N4O/c1-2-15-8-7-9(16-5-3-4-6-19)18-10(17-8)11(12,13)14/h7,19H,2-6H2,1H3,(H2,15,16,17,18). The summed E-state index contributed by atoms with van der Waals surface area (Å²) in [4.78, 5) is 6.85. The van der Waals surface area contributed by atoms with Gasteiger partial charge >= 0.3 is 6.18 Å². The van der Waals surface area contributed by atoms with Crippen molar-refractivity contribution < 1.29 is 18.3 Å². The summed E-state index contributed by atoms with van der Waals surface area (Å²) in [5.41, 5.74) is 0. The summed E-state index contributed by atoms with van der Waals surface area (Å²) in [7, 11) is 0. The van der Waals surface area contributed by atoms with Gasteiger partial charge in [-0.05, 0) is 19.8 Å². The van der Waals surface area contributed by atoms with Gasteiger partial charge in [0.2, 0.25) is 5.82 Å². The number of hydrogen-bond acceptors (Lipinski definition) is 5. The Balaban J connectivity index is 2.81. The predicted molar refractivity (Wildman–Crippen MR) is 66.0 cm³/mol. The van der Waals surface area contributed by atoms with E-state index in [0.717, 1.165) is 0 Å². The molecule has 0 bridgehead atoms. The lowest BCUT2D eigenvalue weighted by atomic mass is 10.3. The topological polar surface area (TPSA) is 70.1 Å². The lowest BCUT2D eigenvalue weighted by Crippen LogP contribution is -2.15. The number of alkyl halides is 3. The molecule has 5 nitrogen and oxygen atoms in total. The molecule has 0 saturated carbocycles. The third kappa shape index (κ3) is 5.29. The number of unbranched alkanes of at least 4 members (excludes halogenated alkanes) is 1. The molecule has 0 atom stereocenters. The monoisotopic (exact) mass is 278 g/mol. The zero-order chi connectivity index (χ0) is 14.3. The molecule has 3 N–H and O–H groups in total. The molecule has 0 unspecified atom stereocenters. The zero-order valence-corrected chi connectivity index (χ0v) is 10.6. The molecule has 108 valence electrons. The molecule has 0 fully saturated rings. The van der Waals surface area contributed by atoms with Gasteiger partial charge < -0.3 is 15.7 Å². The number of hydrogen-bond donors (Lipinski definition) is 3. The maximum absolute atomic E-state index is 12.6. The second-order valence-electron chi connectivity index (χ2n) is 3.85. The van der Waals surface area contributed by atoms with Crippen molar-refractivity contribution in [2.75, 3.05) is 30.3 Å². The number of aromatic nitrogens is 2. The van der Waals surface area contributed by atoms with E-state index in [-0.39, 0.29) is 18.2 Å². The molecule has 1 rings (SSSR count). The lowest BCUT2D eigenvalue weighted by Gasteiger charge is -2.12. The summed E-state index contributed by atoms with van der Waals surface area (Å²) in [6.45, 7) is 2.74. The molecule has 0 saturated heterocycles. The van der Waals surface area contributed by atoms with E-state index in [0.29, 0.717) is 25.9 Å². The van der Waals surface area contributed by atoms with Crippen LogP contribution < -0.4 is 10.6 Å². The molecule has 1 aromatic heterocycles. The van der Waals surface area contributed by atoms with Crippen LogP contribution in [0.4, 0.5) is 24.8 Å². The number of aliphatic hydroxyl groups excluding tert-OH is 1. The highest BCUT2D eigenvalue weighted by atomic mass is 19.4. The molecule has 0 radical (unpaired) electrons. The SMILES string of the molecule is CCNc1cc(NCCCCO)nc(C(F)(F)F)n1. The van der Waals surface area contributed by atoms with Gasteiger partial charge in [-0.25, -0.2) is 9.97 Å². The molecular weight excluding hydrogens is 261 g/mol. The highest BCUT2D eigenvalue weighted by molar-refractivity contribution is 5.47. The van der Waals surface area contributed by atoms with E-state index in [9.17, 15) is 13.2 Å². The lowest BCUT2D eigenvalue weighted by molar-refractivity contribution is -0.144. The van der Waals surface area contributed by atoms with Crippen molar-refractivity contribution in [3.8, 4) is 0 Å². The van der Waals surface area contributed by atoms with Crippen molar-refractivity contribution in [1.82, 2.24) is 9.97 Å². The minimum Gasteiger partial charge on any atom is -0.396 e. The number of rotatable bonds is 7. The van der Waals surface area contributed by atoms with E-state index in [1.807, 2.05) is 0 Å². The van der Waals surface area contributed by atoms with Gasteiger partial charge in [0.25, 0.3) is 0 Å². The molecule has 19 heavy (non-hydrogen) atoms. The Hall–Kier alpha value is -1.57. The van der Waals surface area contributed by atoms with Crippen molar-refractivity contribution in [2.45, 2.75) is 25.9 Å². The fraction of sp³-hybridized carbons (Fsp3) is 0.636. The van der Waals surface area contributed by atoms with Gasteiger partial charge in [0, 0.05) is 25.8 Å². The number of nitrogens with one attached hydrogen (secondary N) is 2. The van der Waals surface area contributed by atoms with Crippen molar-refractivity contribution in [3.63, 3.8) is 0 Å². The first-order valence-electron chi connectivity index (χ1n) is 6.02. The molecule has 0 aromatic carbocycles. The second kappa shape index (κ2) is 7.13. The Morgan fingerprint density at radius 2 is 1.79 bits per heavy atom. The maximum Gasteiger partial charge on any atom is 0.451 e. The fourth-order valence-corrected chi connectivity index (χ4v) is 1.39. The van der Waals surface area contributed by atoms with Crippen LogP contribution >= 0.6 is 0 Å². The predicted octanol–water partition coefficient (Wildman–Crippen LogP) is 2.11. The normalized spacial score (nSPS) is 11.4. The minimum atomic E-state index is -4.58. The molecule has 1 aromatic rings. The van der Waals surface area contributed by atoms with Crippen LogP contribution in [0.5, 0.6) is 0 Å². The summed E-state index contributed by atoms with van der Waals surface area (Å²) in [6.07, 6.45) is -3.34. The smallest absolute Gasteiger partial charge is 0.396 e. The zero-order valence-electron chi connectivity index (χ0n) is 10.6. The number of nitrogens with zero attached hydrogens (tertiary/aromatic N) is 2. The molecule has 0 aliphatic rings. The third-order valence-corrected chi connectivity index (χ3v) is 2.23. The average molecular weight is 278 g/mol. The Morgan fingerprint density at radius 1 is 1.16 bits per heavy atom. The van der Waals surface area contributed by atoms with Crippen molar-refractivity contribution in [2.24, 2.45) is 0 Å². The maximum atomic E-state index is 12.6. The van der Waals surface area contributed by atoms with Gasteiger partial charge in [-0.3, -0.25) is 0 Å². The molecule has 0 aliphatic carbocycles. The quantitative estimate of drug-likeness (QED) is 0.666. The van der Waals surface area contributed by atoms with E-state index < -0.39 is 12.0 Å². The Morgan fingerprint density at radius 3 is 2.32 bits per heavy atom. The number of aliphatic hydroxyl groups is 1.